The Labute approximate surface area is 156 Å². The lowest BCUT2D eigenvalue weighted by Gasteiger charge is -2.01. The molecule has 6 heteroatoms. The van der Waals surface area contributed by atoms with Crippen molar-refractivity contribution in [2.24, 2.45) is 4.99 Å². The van der Waals surface area contributed by atoms with Crippen LogP contribution in [-0.4, -0.2) is 10.5 Å². The summed E-state index contributed by atoms with van der Waals surface area (Å²) in [5, 5.41) is 2.27. The average Bonchev–Trinajstić information content (AvgIpc) is 3.20. The molecule has 0 bridgehead atoms. The molecule has 3 nitrogen and oxygen atoms in total. The molecule has 4 aromatic rings. The highest BCUT2D eigenvalue weighted by Crippen LogP contribution is 2.28. The number of nitrogens with zero attached hydrogens (tertiary/aromatic N) is 2. The zero-order valence-corrected chi connectivity index (χ0v) is 15.3. The fourth-order valence-electron chi connectivity index (χ4n) is 2.70. The number of rotatable bonds is 2. The Hall–Kier alpha value is -2.39. The van der Waals surface area contributed by atoms with E-state index in [0.29, 0.717) is 20.6 Å². The molecule has 0 atom stereocenters. The van der Waals surface area contributed by atoms with Crippen molar-refractivity contribution in [1.82, 2.24) is 4.57 Å². The van der Waals surface area contributed by atoms with Crippen molar-refractivity contribution in [3.63, 3.8) is 0 Å². The maximum Gasteiger partial charge on any atom is 0.289 e. The number of hydrogen-bond acceptors (Lipinski definition) is 3. The molecule has 25 heavy (non-hydrogen) atoms. The van der Waals surface area contributed by atoms with E-state index < -0.39 is 0 Å². The molecule has 0 radical (unpaired) electrons. The molecule has 0 aliphatic rings. The van der Waals surface area contributed by atoms with Crippen molar-refractivity contribution in [3.05, 3.63) is 62.5 Å². The number of aromatic nitrogens is 1. The number of thiophene rings is 1. The van der Waals surface area contributed by atoms with Crippen molar-refractivity contribution in [1.29, 1.82) is 0 Å². The van der Waals surface area contributed by atoms with E-state index in [1.807, 2.05) is 22.8 Å². The summed E-state index contributed by atoms with van der Waals surface area (Å²) in [7, 11) is 0. The Morgan fingerprint density at radius 1 is 1.16 bits per heavy atom. The molecule has 0 fully saturated rings. The molecule has 1 amide bonds. The van der Waals surface area contributed by atoms with Gasteiger partial charge in [0.2, 0.25) is 0 Å². The first-order chi connectivity index (χ1) is 12.2. The summed E-state index contributed by atoms with van der Waals surface area (Å²) < 4.78 is 3.54. The van der Waals surface area contributed by atoms with Gasteiger partial charge in [0.05, 0.1) is 26.0 Å². The first kappa shape index (κ1) is 16.1. The van der Waals surface area contributed by atoms with Gasteiger partial charge in [0.1, 0.15) is 0 Å². The monoisotopic (exact) mass is 382 g/mol. The van der Waals surface area contributed by atoms with Crippen LogP contribution in [0, 0.1) is 12.3 Å². The minimum atomic E-state index is -0.307. The maximum atomic E-state index is 12.5. The van der Waals surface area contributed by atoms with Crippen LogP contribution in [0.4, 0.5) is 0 Å². The van der Waals surface area contributed by atoms with Crippen LogP contribution in [0.25, 0.3) is 21.0 Å². The van der Waals surface area contributed by atoms with Gasteiger partial charge in [0.15, 0.2) is 4.80 Å². The Balaban J connectivity index is 1.98. The molecule has 2 aromatic heterocycles. The van der Waals surface area contributed by atoms with Crippen molar-refractivity contribution in [3.8, 4) is 12.3 Å². The van der Waals surface area contributed by atoms with Gasteiger partial charge in [-0.25, -0.2) is 0 Å². The third-order valence-electron chi connectivity index (χ3n) is 3.80. The third kappa shape index (κ3) is 2.89. The molecule has 0 spiro atoms. The lowest BCUT2D eigenvalue weighted by Crippen LogP contribution is -2.16. The normalized spacial score (nSPS) is 11.9. The Morgan fingerprint density at radius 3 is 2.76 bits per heavy atom. The lowest BCUT2D eigenvalue weighted by atomic mass is 10.1. The molecule has 4 rings (SSSR count). The number of carbonyl (C=O) groups excluding carboxylic acids is 1. The van der Waals surface area contributed by atoms with Gasteiger partial charge in [-0.15, -0.1) is 17.8 Å². The first-order valence-electron chi connectivity index (χ1n) is 7.46. The molecule has 0 unspecified atom stereocenters. The van der Waals surface area contributed by atoms with E-state index in [-0.39, 0.29) is 5.91 Å². The standard InChI is InChI=1S/C19H11ClN2OS2/c1-2-11-22-14-8-7-12-5-3-4-6-13(12)17(14)25-19(22)21-18(23)15-9-10-16(20)24-15/h1,3-10H,11H2. The van der Waals surface area contributed by atoms with Gasteiger partial charge >= 0.3 is 0 Å². The van der Waals surface area contributed by atoms with E-state index >= 15 is 0 Å². The Kier molecular flexibility index (Phi) is 4.18. The molecule has 122 valence electrons. The van der Waals surface area contributed by atoms with Gasteiger partial charge in [-0.2, -0.15) is 4.99 Å². The fraction of sp³-hybridized carbons (Fsp3) is 0.0526. The predicted octanol–water partition coefficient (Wildman–Crippen LogP) is 4.95. The Bertz CT molecular complexity index is 1220. The average molecular weight is 383 g/mol. The number of thiazole rings is 1. The summed E-state index contributed by atoms with van der Waals surface area (Å²) >= 11 is 8.61. The highest BCUT2D eigenvalue weighted by molar-refractivity contribution is 7.18. The largest absolute Gasteiger partial charge is 0.305 e. The van der Waals surface area contributed by atoms with Crippen molar-refractivity contribution < 1.29 is 4.79 Å². The summed E-state index contributed by atoms with van der Waals surface area (Å²) in [5.41, 5.74) is 0.984. The second-order valence-electron chi connectivity index (χ2n) is 5.33. The van der Waals surface area contributed by atoms with E-state index in [1.54, 1.807) is 12.1 Å². The summed E-state index contributed by atoms with van der Waals surface area (Å²) in [6.07, 6.45) is 5.53. The van der Waals surface area contributed by atoms with Crippen LogP contribution < -0.4 is 4.80 Å². The zero-order chi connectivity index (χ0) is 17.4. The summed E-state index contributed by atoms with van der Waals surface area (Å²) in [5.74, 6) is 2.34. The SMILES string of the molecule is C#CCn1c(=NC(=O)c2ccc(Cl)s2)sc2c3ccccc3ccc21. The first-order valence-corrected chi connectivity index (χ1v) is 9.47. The van der Waals surface area contributed by atoms with E-state index in [2.05, 4.69) is 29.1 Å². The van der Waals surface area contributed by atoms with Crippen LogP contribution in [0.1, 0.15) is 9.67 Å². The van der Waals surface area contributed by atoms with Gasteiger partial charge in [-0.1, -0.05) is 59.2 Å². The molecule has 2 heterocycles. The van der Waals surface area contributed by atoms with Gasteiger partial charge in [0, 0.05) is 5.39 Å². The topological polar surface area (TPSA) is 34.4 Å². The number of carbonyl (C=O) groups is 1. The molecule has 2 aromatic carbocycles. The predicted molar refractivity (Wildman–Crippen MR) is 105 cm³/mol. The molecular formula is C19H11ClN2OS2. The molecule has 0 N–H and O–H groups in total. The summed E-state index contributed by atoms with van der Waals surface area (Å²) in [6.45, 7) is 0.357. The zero-order valence-electron chi connectivity index (χ0n) is 12.9. The quantitative estimate of drug-likeness (QED) is 0.452. The molecule has 0 saturated carbocycles. The number of hydrogen-bond donors (Lipinski definition) is 0. The van der Waals surface area contributed by atoms with Gasteiger partial charge in [-0.3, -0.25) is 4.79 Å². The minimum absolute atomic E-state index is 0.307. The Morgan fingerprint density at radius 2 is 2.00 bits per heavy atom. The van der Waals surface area contributed by atoms with Gasteiger partial charge in [0.25, 0.3) is 5.91 Å². The van der Waals surface area contributed by atoms with Crippen LogP contribution in [0.3, 0.4) is 0 Å². The van der Waals surface area contributed by atoms with Crippen LogP contribution in [0.15, 0.2) is 53.5 Å². The molecular weight excluding hydrogens is 372 g/mol. The number of terminal acetylenes is 1. The van der Waals surface area contributed by atoms with E-state index in [0.717, 1.165) is 21.0 Å². The van der Waals surface area contributed by atoms with Crippen molar-refractivity contribution in [2.75, 3.05) is 0 Å². The summed E-state index contributed by atoms with van der Waals surface area (Å²) in [4.78, 5) is 17.9. The number of benzene rings is 2. The highest BCUT2D eigenvalue weighted by atomic mass is 35.5. The van der Waals surface area contributed by atoms with Crippen LogP contribution in [0.5, 0.6) is 0 Å². The minimum Gasteiger partial charge on any atom is -0.305 e. The molecule has 0 aliphatic heterocycles. The van der Waals surface area contributed by atoms with Gasteiger partial charge in [-0.05, 0) is 23.6 Å². The second kappa shape index (κ2) is 6.49. The van der Waals surface area contributed by atoms with Crippen LogP contribution >= 0.6 is 34.3 Å². The lowest BCUT2D eigenvalue weighted by molar-refractivity contribution is 0.100. The maximum absolute atomic E-state index is 12.5. The van der Waals surface area contributed by atoms with Crippen LogP contribution in [-0.2, 0) is 6.54 Å². The van der Waals surface area contributed by atoms with Crippen LogP contribution in [0.2, 0.25) is 4.34 Å². The third-order valence-corrected chi connectivity index (χ3v) is 6.15. The molecule has 0 aliphatic carbocycles. The number of halogens is 1. The number of fused-ring (bicyclic) bond motifs is 3. The fourth-order valence-corrected chi connectivity index (χ4v) is 4.79. The van der Waals surface area contributed by atoms with E-state index in [4.69, 9.17) is 18.0 Å². The van der Waals surface area contributed by atoms with E-state index in [1.165, 1.54) is 22.7 Å². The molecule has 0 saturated heterocycles. The van der Waals surface area contributed by atoms with Crippen molar-refractivity contribution >= 4 is 61.2 Å². The highest BCUT2D eigenvalue weighted by Gasteiger charge is 2.12. The second-order valence-corrected chi connectivity index (χ2v) is 8.02. The smallest absolute Gasteiger partial charge is 0.289 e. The summed E-state index contributed by atoms with van der Waals surface area (Å²) in [6, 6.07) is 15.6. The van der Waals surface area contributed by atoms with E-state index in [9.17, 15) is 4.79 Å². The van der Waals surface area contributed by atoms with Crippen molar-refractivity contribution in [2.45, 2.75) is 6.54 Å². The number of amides is 1. The van der Waals surface area contributed by atoms with Gasteiger partial charge < -0.3 is 4.57 Å².